The van der Waals surface area contributed by atoms with Crippen molar-refractivity contribution in [2.24, 2.45) is 0 Å². The van der Waals surface area contributed by atoms with Crippen molar-refractivity contribution in [3.05, 3.63) is 83.4 Å². The maximum absolute atomic E-state index is 13.6. The summed E-state index contributed by atoms with van der Waals surface area (Å²) in [5.41, 5.74) is 7.66. The van der Waals surface area contributed by atoms with Gasteiger partial charge in [-0.15, -0.1) is 0 Å². The van der Waals surface area contributed by atoms with Gasteiger partial charge in [-0.3, -0.25) is 4.68 Å². The zero-order valence-corrected chi connectivity index (χ0v) is 16.2. The first kappa shape index (κ1) is 19.9. The number of halogens is 4. The molecule has 5 nitrogen and oxygen atoms in total. The summed E-state index contributed by atoms with van der Waals surface area (Å²) in [5, 5.41) is 4.74. The Morgan fingerprint density at radius 3 is 2.37 bits per heavy atom. The van der Waals surface area contributed by atoms with Crippen molar-refractivity contribution in [3.8, 4) is 22.4 Å². The normalized spacial score (nSPS) is 11.6. The Hall–Kier alpha value is -3.39. The minimum Gasteiger partial charge on any atom is -0.384 e. The standard InChI is InChI=1S/C21H15ClF3N5/c22-17-4-1-13(2-5-17)14-3-6-18(21(23,24)25)15(7-14)10-30-11-16(9-29-30)19-8-20(26)28-12-27-19/h1-9,11-12H,10H2,(H2,26,27,28). The number of nitrogen functional groups attached to an aromatic ring is 1. The van der Waals surface area contributed by atoms with E-state index in [9.17, 15) is 13.2 Å². The molecule has 0 atom stereocenters. The number of anilines is 1. The second-order valence-electron chi connectivity index (χ2n) is 6.63. The van der Waals surface area contributed by atoms with Crippen molar-refractivity contribution in [1.29, 1.82) is 0 Å². The molecular weight excluding hydrogens is 415 g/mol. The van der Waals surface area contributed by atoms with Crippen molar-refractivity contribution in [2.45, 2.75) is 12.7 Å². The van der Waals surface area contributed by atoms with E-state index in [4.69, 9.17) is 17.3 Å². The van der Waals surface area contributed by atoms with Gasteiger partial charge in [-0.1, -0.05) is 29.8 Å². The topological polar surface area (TPSA) is 69.6 Å². The van der Waals surface area contributed by atoms with Crippen molar-refractivity contribution in [3.63, 3.8) is 0 Å². The summed E-state index contributed by atoms with van der Waals surface area (Å²) in [4.78, 5) is 7.94. The zero-order valence-electron chi connectivity index (χ0n) is 15.4. The van der Waals surface area contributed by atoms with Crippen LogP contribution in [0.15, 0.2) is 67.3 Å². The molecule has 0 bridgehead atoms. The summed E-state index contributed by atoms with van der Waals surface area (Å²) in [6, 6.07) is 12.6. The lowest BCUT2D eigenvalue weighted by molar-refractivity contribution is -0.138. The number of aromatic nitrogens is 4. The Morgan fingerprint density at radius 1 is 0.933 bits per heavy atom. The largest absolute Gasteiger partial charge is 0.416 e. The van der Waals surface area contributed by atoms with E-state index in [1.54, 1.807) is 36.5 Å². The molecule has 0 fully saturated rings. The second-order valence-corrected chi connectivity index (χ2v) is 7.07. The van der Waals surface area contributed by atoms with Gasteiger partial charge in [0, 0.05) is 22.8 Å². The number of nitrogens with zero attached hydrogens (tertiary/aromatic N) is 4. The maximum atomic E-state index is 13.6. The molecule has 9 heteroatoms. The van der Waals surface area contributed by atoms with Crippen LogP contribution in [0.25, 0.3) is 22.4 Å². The summed E-state index contributed by atoms with van der Waals surface area (Å²) in [5.74, 6) is 0.294. The molecule has 4 rings (SSSR count). The van der Waals surface area contributed by atoms with Crippen LogP contribution in [-0.2, 0) is 12.7 Å². The Kier molecular flexibility index (Phi) is 5.17. The van der Waals surface area contributed by atoms with Gasteiger partial charge in [0.2, 0.25) is 0 Å². The molecule has 2 aromatic heterocycles. The third-order valence-electron chi connectivity index (χ3n) is 4.54. The van der Waals surface area contributed by atoms with Crippen molar-refractivity contribution < 1.29 is 13.2 Å². The van der Waals surface area contributed by atoms with Gasteiger partial charge in [0.15, 0.2) is 0 Å². The molecule has 0 aliphatic heterocycles. The van der Waals surface area contributed by atoms with Gasteiger partial charge in [0.05, 0.1) is 24.0 Å². The van der Waals surface area contributed by atoms with Crippen LogP contribution in [0.2, 0.25) is 5.02 Å². The molecule has 0 radical (unpaired) electrons. The smallest absolute Gasteiger partial charge is 0.384 e. The van der Waals surface area contributed by atoms with E-state index in [1.807, 2.05) is 0 Å². The van der Waals surface area contributed by atoms with Crippen molar-refractivity contribution in [1.82, 2.24) is 19.7 Å². The third kappa shape index (κ3) is 4.28. The van der Waals surface area contributed by atoms with Crippen molar-refractivity contribution >= 4 is 17.4 Å². The predicted molar refractivity (Wildman–Crippen MR) is 109 cm³/mol. The Labute approximate surface area is 175 Å². The molecule has 0 amide bonds. The number of hydrogen-bond donors (Lipinski definition) is 1. The summed E-state index contributed by atoms with van der Waals surface area (Å²) in [6.07, 6.45) is -0.0146. The van der Waals surface area contributed by atoms with Crippen LogP contribution in [-0.4, -0.2) is 19.7 Å². The quantitative estimate of drug-likeness (QED) is 0.477. The van der Waals surface area contributed by atoms with E-state index in [0.717, 1.165) is 11.6 Å². The first-order chi connectivity index (χ1) is 14.3. The highest BCUT2D eigenvalue weighted by atomic mass is 35.5. The molecule has 2 aromatic carbocycles. The zero-order chi connectivity index (χ0) is 21.3. The average Bonchev–Trinajstić information content (AvgIpc) is 3.16. The van der Waals surface area contributed by atoms with Gasteiger partial charge >= 0.3 is 6.18 Å². The van der Waals surface area contributed by atoms with Gasteiger partial charge in [0.1, 0.15) is 12.1 Å². The van der Waals surface area contributed by atoms with Crippen LogP contribution in [0.1, 0.15) is 11.1 Å². The number of rotatable bonds is 4. The highest BCUT2D eigenvalue weighted by molar-refractivity contribution is 6.30. The fraction of sp³-hybridized carbons (Fsp3) is 0.0952. The van der Waals surface area contributed by atoms with Crippen LogP contribution in [0, 0.1) is 0 Å². The maximum Gasteiger partial charge on any atom is 0.416 e. The average molecular weight is 430 g/mol. The Morgan fingerprint density at radius 2 is 1.67 bits per heavy atom. The molecule has 0 saturated heterocycles. The summed E-state index contributed by atoms with van der Waals surface area (Å²) < 4.78 is 42.2. The summed E-state index contributed by atoms with van der Waals surface area (Å²) >= 11 is 5.91. The summed E-state index contributed by atoms with van der Waals surface area (Å²) in [6.45, 7) is -0.0587. The fourth-order valence-electron chi connectivity index (χ4n) is 3.11. The van der Waals surface area contributed by atoms with Gasteiger partial charge in [-0.25, -0.2) is 9.97 Å². The van der Waals surface area contributed by atoms with Crippen LogP contribution in [0.5, 0.6) is 0 Å². The highest BCUT2D eigenvalue weighted by Gasteiger charge is 2.33. The lowest BCUT2D eigenvalue weighted by atomic mass is 9.98. The molecule has 2 N–H and O–H groups in total. The summed E-state index contributed by atoms with van der Waals surface area (Å²) in [7, 11) is 0. The SMILES string of the molecule is Nc1cc(-c2cnn(Cc3cc(-c4ccc(Cl)cc4)ccc3C(F)(F)F)c2)ncn1. The Balaban J connectivity index is 1.70. The van der Waals surface area contributed by atoms with Gasteiger partial charge < -0.3 is 5.73 Å². The van der Waals surface area contributed by atoms with Crippen LogP contribution in [0.3, 0.4) is 0 Å². The van der Waals surface area contributed by atoms with Crippen LogP contribution in [0.4, 0.5) is 19.0 Å². The molecule has 0 aliphatic rings. The monoisotopic (exact) mass is 429 g/mol. The van der Waals surface area contributed by atoms with E-state index in [0.29, 0.717) is 27.7 Å². The van der Waals surface area contributed by atoms with Crippen LogP contribution < -0.4 is 5.73 Å². The van der Waals surface area contributed by atoms with Gasteiger partial charge in [0.25, 0.3) is 0 Å². The number of hydrogen-bond acceptors (Lipinski definition) is 4. The molecule has 4 aromatic rings. The first-order valence-electron chi connectivity index (χ1n) is 8.86. The van der Waals surface area contributed by atoms with Crippen LogP contribution >= 0.6 is 11.6 Å². The minimum atomic E-state index is -4.48. The van der Waals surface area contributed by atoms with E-state index < -0.39 is 11.7 Å². The molecule has 152 valence electrons. The predicted octanol–water partition coefficient (Wildman–Crippen LogP) is 5.31. The van der Waals surface area contributed by atoms with Crippen molar-refractivity contribution in [2.75, 3.05) is 5.73 Å². The molecule has 0 spiro atoms. The lowest BCUT2D eigenvalue weighted by Gasteiger charge is -2.15. The Bertz CT molecular complexity index is 1190. The van der Waals surface area contributed by atoms with E-state index in [1.165, 1.54) is 29.3 Å². The number of benzene rings is 2. The minimum absolute atomic E-state index is 0.0587. The van der Waals surface area contributed by atoms with E-state index >= 15 is 0 Å². The van der Waals surface area contributed by atoms with E-state index in [2.05, 4.69) is 15.1 Å². The second kappa shape index (κ2) is 7.79. The van der Waals surface area contributed by atoms with E-state index in [-0.39, 0.29) is 12.1 Å². The fourth-order valence-corrected chi connectivity index (χ4v) is 3.24. The first-order valence-corrected chi connectivity index (χ1v) is 9.24. The molecule has 0 aliphatic carbocycles. The van der Waals surface area contributed by atoms with Gasteiger partial charge in [-0.2, -0.15) is 18.3 Å². The lowest BCUT2D eigenvalue weighted by Crippen LogP contribution is -2.12. The molecular formula is C21H15ClF3N5. The highest BCUT2D eigenvalue weighted by Crippen LogP contribution is 2.35. The molecule has 0 unspecified atom stereocenters. The molecule has 30 heavy (non-hydrogen) atoms. The number of nitrogens with two attached hydrogens (primary N) is 1. The number of alkyl halides is 3. The van der Waals surface area contributed by atoms with Gasteiger partial charge in [-0.05, 0) is 41.0 Å². The third-order valence-corrected chi connectivity index (χ3v) is 4.79. The molecule has 0 saturated carbocycles. The molecule has 2 heterocycles.